The lowest BCUT2D eigenvalue weighted by atomic mass is 9.60. The van der Waals surface area contributed by atoms with Gasteiger partial charge in [0.1, 0.15) is 0 Å². The van der Waals surface area contributed by atoms with Crippen LogP contribution in [-0.4, -0.2) is 0 Å². The fraction of sp³-hybridized carbons (Fsp3) is 0.556. The summed E-state index contributed by atoms with van der Waals surface area (Å²) < 4.78 is 0. The van der Waals surface area contributed by atoms with E-state index in [4.69, 9.17) is 0 Å². The minimum atomic E-state index is 0.0600. The molecule has 0 heteroatoms. The van der Waals surface area contributed by atoms with Gasteiger partial charge in [-0.05, 0) is 59.8 Å². The summed E-state index contributed by atoms with van der Waals surface area (Å²) in [5.41, 5.74) is 6.02. The molecule has 0 nitrogen and oxygen atoms in total. The Morgan fingerprint density at radius 2 is 1.07 bits per heavy atom. The maximum absolute atomic E-state index is 2.49. The molecule has 0 saturated carbocycles. The van der Waals surface area contributed by atoms with Crippen molar-refractivity contribution in [3.05, 3.63) is 70.8 Å². The Bertz CT molecular complexity index is 631. The Hall–Kier alpha value is -1.56. The number of hydrogen-bond acceptors (Lipinski definition) is 0. The van der Waals surface area contributed by atoms with Crippen LogP contribution in [0.4, 0.5) is 0 Å². The lowest BCUT2D eigenvalue weighted by Crippen LogP contribution is -2.39. The standard InChI is InChI=1S/C27H40/c1-7-9-13-23-15-11-17-25(19-23)27(21(3)4,22(5)6)26-18-12-16-24(20-26)14-10-8-2/h11-12,15-22H,7-10,13-14H2,1-6H3. The number of unbranched alkanes of at least 4 members (excludes halogenated alkanes) is 2. The summed E-state index contributed by atoms with van der Waals surface area (Å²) in [6.45, 7) is 14.2. The van der Waals surface area contributed by atoms with E-state index in [-0.39, 0.29) is 5.41 Å². The average Bonchev–Trinajstić information content (AvgIpc) is 2.65. The van der Waals surface area contributed by atoms with Gasteiger partial charge in [-0.3, -0.25) is 0 Å². The smallest absolute Gasteiger partial charge is 0.0248 e. The highest BCUT2D eigenvalue weighted by Gasteiger charge is 2.40. The van der Waals surface area contributed by atoms with Crippen LogP contribution in [0.25, 0.3) is 0 Å². The van der Waals surface area contributed by atoms with Crippen molar-refractivity contribution in [1.29, 1.82) is 0 Å². The highest BCUT2D eigenvalue weighted by Crippen LogP contribution is 2.46. The lowest BCUT2D eigenvalue weighted by Gasteiger charge is -2.43. The zero-order valence-electron chi connectivity index (χ0n) is 18.5. The van der Waals surface area contributed by atoms with Crippen molar-refractivity contribution >= 4 is 0 Å². The van der Waals surface area contributed by atoms with Gasteiger partial charge in [0.25, 0.3) is 0 Å². The molecule has 0 aliphatic heterocycles. The Labute approximate surface area is 168 Å². The fourth-order valence-electron chi connectivity index (χ4n) is 4.90. The van der Waals surface area contributed by atoms with Gasteiger partial charge in [-0.15, -0.1) is 0 Å². The minimum Gasteiger partial charge on any atom is -0.0654 e. The first kappa shape index (κ1) is 21.7. The highest BCUT2D eigenvalue weighted by molar-refractivity contribution is 5.44. The van der Waals surface area contributed by atoms with Gasteiger partial charge in [-0.1, -0.05) is 103 Å². The molecule has 0 amide bonds. The zero-order valence-corrected chi connectivity index (χ0v) is 18.5. The molecular formula is C27H40. The molecule has 0 aliphatic rings. The Morgan fingerprint density at radius 1 is 0.667 bits per heavy atom. The summed E-state index contributed by atoms with van der Waals surface area (Å²) in [4.78, 5) is 0. The average molecular weight is 365 g/mol. The largest absolute Gasteiger partial charge is 0.0654 e. The second kappa shape index (κ2) is 10.1. The van der Waals surface area contributed by atoms with Gasteiger partial charge in [-0.25, -0.2) is 0 Å². The highest BCUT2D eigenvalue weighted by atomic mass is 14.4. The first-order chi connectivity index (χ1) is 13.0. The van der Waals surface area contributed by atoms with Gasteiger partial charge in [0.2, 0.25) is 0 Å². The summed E-state index contributed by atoms with van der Waals surface area (Å²) in [6.07, 6.45) is 7.42. The van der Waals surface area contributed by atoms with E-state index in [1.54, 1.807) is 0 Å². The van der Waals surface area contributed by atoms with Crippen LogP contribution < -0.4 is 0 Å². The van der Waals surface area contributed by atoms with Crippen LogP contribution in [0, 0.1) is 11.8 Å². The summed E-state index contributed by atoms with van der Waals surface area (Å²) in [5, 5.41) is 0. The molecule has 0 radical (unpaired) electrons. The molecule has 2 aromatic carbocycles. The third kappa shape index (κ3) is 4.84. The fourth-order valence-corrected chi connectivity index (χ4v) is 4.90. The summed E-state index contributed by atoms with van der Waals surface area (Å²) in [5.74, 6) is 1.08. The summed E-state index contributed by atoms with van der Waals surface area (Å²) in [7, 11) is 0. The van der Waals surface area contributed by atoms with Gasteiger partial charge in [0.05, 0.1) is 0 Å². The molecular weight excluding hydrogens is 324 g/mol. The van der Waals surface area contributed by atoms with E-state index in [1.165, 1.54) is 60.8 Å². The molecule has 2 rings (SSSR count). The van der Waals surface area contributed by atoms with Crippen LogP contribution in [0.2, 0.25) is 0 Å². The maximum Gasteiger partial charge on any atom is 0.0248 e. The van der Waals surface area contributed by atoms with Gasteiger partial charge >= 0.3 is 0 Å². The van der Waals surface area contributed by atoms with Crippen LogP contribution in [0.3, 0.4) is 0 Å². The van der Waals surface area contributed by atoms with E-state index < -0.39 is 0 Å². The van der Waals surface area contributed by atoms with Crippen molar-refractivity contribution in [1.82, 2.24) is 0 Å². The molecule has 2 aromatic rings. The van der Waals surface area contributed by atoms with Crippen molar-refractivity contribution < 1.29 is 0 Å². The molecule has 0 spiro atoms. The second-order valence-electron chi connectivity index (χ2n) is 8.79. The second-order valence-corrected chi connectivity index (χ2v) is 8.79. The maximum atomic E-state index is 2.49. The van der Waals surface area contributed by atoms with E-state index >= 15 is 0 Å². The first-order valence-corrected chi connectivity index (χ1v) is 11.2. The third-order valence-electron chi connectivity index (χ3n) is 6.27. The van der Waals surface area contributed by atoms with Gasteiger partial charge in [0, 0.05) is 5.41 Å². The predicted molar refractivity (Wildman–Crippen MR) is 121 cm³/mol. The van der Waals surface area contributed by atoms with Crippen molar-refractivity contribution in [3.63, 3.8) is 0 Å². The molecule has 0 heterocycles. The van der Waals surface area contributed by atoms with E-state index in [0.29, 0.717) is 11.8 Å². The van der Waals surface area contributed by atoms with Crippen molar-refractivity contribution in [2.45, 2.75) is 85.5 Å². The zero-order chi connectivity index (χ0) is 19.9. The predicted octanol–water partition coefficient (Wildman–Crippen LogP) is 7.97. The van der Waals surface area contributed by atoms with Crippen LogP contribution in [-0.2, 0) is 18.3 Å². The molecule has 0 aliphatic carbocycles. The SMILES string of the molecule is CCCCc1cccc(C(c2cccc(CCCC)c2)(C(C)C)C(C)C)c1. The topological polar surface area (TPSA) is 0 Å². The molecule has 27 heavy (non-hydrogen) atoms. The monoisotopic (exact) mass is 364 g/mol. The molecule has 0 N–H and O–H groups in total. The number of benzene rings is 2. The lowest BCUT2D eigenvalue weighted by molar-refractivity contribution is 0.273. The minimum absolute atomic E-state index is 0.0600. The van der Waals surface area contributed by atoms with Crippen LogP contribution in [0.5, 0.6) is 0 Å². The molecule has 0 atom stereocenters. The molecule has 0 bridgehead atoms. The molecule has 0 fully saturated rings. The quantitative estimate of drug-likeness (QED) is 0.401. The molecule has 148 valence electrons. The van der Waals surface area contributed by atoms with Crippen molar-refractivity contribution in [3.8, 4) is 0 Å². The first-order valence-electron chi connectivity index (χ1n) is 11.2. The Kier molecular flexibility index (Phi) is 8.14. The van der Waals surface area contributed by atoms with E-state index in [0.717, 1.165) is 0 Å². The van der Waals surface area contributed by atoms with Gasteiger partial charge < -0.3 is 0 Å². The Morgan fingerprint density at radius 3 is 1.41 bits per heavy atom. The normalized spacial score (nSPS) is 12.1. The van der Waals surface area contributed by atoms with Crippen molar-refractivity contribution in [2.75, 3.05) is 0 Å². The van der Waals surface area contributed by atoms with Crippen LogP contribution in [0.1, 0.15) is 89.5 Å². The number of rotatable bonds is 10. The summed E-state index contributed by atoms with van der Waals surface area (Å²) in [6, 6.07) is 18.9. The van der Waals surface area contributed by atoms with Crippen LogP contribution >= 0.6 is 0 Å². The van der Waals surface area contributed by atoms with Gasteiger partial charge in [0.15, 0.2) is 0 Å². The summed E-state index contributed by atoms with van der Waals surface area (Å²) >= 11 is 0. The number of aryl methyl sites for hydroxylation is 2. The van der Waals surface area contributed by atoms with Gasteiger partial charge in [-0.2, -0.15) is 0 Å². The third-order valence-corrected chi connectivity index (χ3v) is 6.27. The molecule has 0 unspecified atom stereocenters. The molecule has 0 saturated heterocycles. The Balaban J connectivity index is 2.57. The number of hydrogen-bond donors (Lipinski definition) is 0. The van der Waals surface area contributed by atoms with E-state index in [1.807, 2.05) is 0 Å². The van der Waals surface area contributed by atoms with Crippen LogP contribution in [0.15, 0.2) is 48.5 Å². The van der Waals surface area contributed by atoms with E-state index in [2.05, 4.69) is 90.1 Å². The van der Waals surface area contributed by atoms with Crippen molar-refractivity contribution in [2.24, 2.45) is 11.8 Å². The van der Waals surface area contributed by atoms with E-state index in [9.17, 15) is 0 Å². The molecule has 0 aromatic heterocycles.